The Morgan fingerprint density at radius 2 is 2.26 bits per heavy atom. The molecule has 0 radical (unpaired) electrons. The van der Waals surface area contributed by atoms with Gasteiger partial charge in [0.25, 0.3) is 0 Å². The smallest absolute Gasteiger partial charge is 0.325 e. The third-order valence-electron chi connectivity index (χ3n) is 2.77. The second-order valence-electron chi connectivity index (χ2n) is 4.46. The Hall–Kier alpha value is -1.11. The van der Waals surface area contributed by atoms with Crippen LogP contribution in [-0.4, -0.2) is 29.4 Å². The molecule has 0 spiro atoms. The Morgan fingerprint density at radius 1 is 1.53 bits per heavy atom. The van der Waals surface area contributed by atoms with Gasteiger partial charge in [0.2, 0.25) is 0 Å². The number of nitrogens with zero attached hydrogens (tertiary/aromatic N) is 1. The molecule has 2 rings (SSSR count). The maximum Gasteiger partial charge on any atom is 0.325 e. The average Bonchev–Trinajstić information content (AvgIpc) is 2.80. The Morgan fingerprint density at radius 3 is 2.95 bits per heavy atom. The third kappa shape index (κ3) is 3.46. The van der Waals surface area contributed by atoms with Gasteiger partial charge in [-0.1, -0.05) is 23.9 Å². The number of thioether (sulfide) groups is 1. The summed E-state index contributed by atoms with van der Waals surface area (Å²) >= 11 is 3.28. The van der Waals surface area contributed by atoms with Gasteiger partial charge in [0.15, 0.2) is 4.34 Å². The highest BCUT2D eigenvalue weighted by atomic mass is 32.2. The van der Waals surface area contributed by atoms with Gasteiger partial charge in [0.05, 0.1) is 17.3 Å². The second kappa shape index (κ2) is 5.90. The van der Waals surface area contributed by atoms with E-state index >= 15 is 0 Å². The molecule has 0 aliphatic carbocycles. The van der Waals surface area contributed by atoms with Gasteiger partial charge in [-0.2, -0.15) is 0 Å². The van der Waals surface area contributed by atoms with Crippen LogP contribution in [0, 0.1) is 0 Å². The highest BCUT2D eigenvalue weighted by Crippen LogP contribution is 2.30. The van der Waals surface area contributed by atoms with Gasteiger partial charge in [0.1, 0.15) is 5.54 Å². The van der Waals surface area contributed by atoms with Gasteiger partial charge in [-0.05, 0) is 25.5 Å². The summed E-state index contributed by atoms with van der Waals surface area (Å²) in [7, 11) is 1.36. The van der Waals surface area contributed by atoms with E-state index in [-0.39, 0.29) is 5.97 Å². The minimum Gasteiger partial charge on any atom is -0.468 e. The molecule has 0 saturated heterocycles. The van der Waals surface area contributed by atoms with Gasteiger partial charge < -0.3 is 10.5 Å². The molecule has 0 aliphatic rings. The van der Waals surface area contributed by atoms with Crippen LogP contribution in [0.15, 0.2) is 28.6 Å². The molecule has 2 aromatic rings. The van der Waals surface area contributed by atoms with Crippen molar-refractivity contribution in [2.45, 2.75) is 23.2 Å². The zero-order chi connectivity index (χ0) is 13.9. The number of carbonyl (C=O) groups is 1. The lowest BCUT2D eigenvalue weighted by atomic mass is 10.0. The highest BCUT2D eigenvalue weighted by molar-refractivity contribution is 8.01. The summed E-state index contributed by atoms with van der Waals surface area (Å²) in [6.45, 7) is 1.69. The van der Waals surface area contributed by atoms with E-state index in [1.165, 1.54) is 11.8 Å². The number of hydrogen-bond acceptors (Lipinski definition) is 6. The van der Waals surface area contributed by atoms with E-state index in [2.05, 4.69) is 15.8 Å². The van der Waals surface area contributed by atoms with Gasteiger partial charge in [0, 0.05) is 5.75 Å². The molecule has 102 valence electrons. The van der Waals surface area contributed by atoms with E-state index < -0.39 is 5.54 Å². The van der Waals surface area contributed by atoms with Gasteiger partial charge in [-0.25, -0.2) is 4.98 Å². The lowest BCUT2D eigenvalue weighted by Gasteiger charge is -2.20. The molecule has 6 heteroatoms. The lowest BCUT2D eigenvalue weighted by molar-refractivity contribution is -0.146. The molecule has 2 N–H and O–H groups in total. The molecule has 0 fully saturated rings. The first kappa shape index (κ1) is 14.3. The highest BCUT2D eigenvalue weighted by Gasteiger charge is 2.28. The number of aromatic nitrogens is 1. The summed E-state index contributed by atoms with van der Waals surface area (Å²) in [5, 5.41) is 0. The molecule has 0 aliphatic heterocycles. The Labute approximate surface area is 120 Å². The number of carbonyl (C=O) groups excluding carboxylic acids is 1. The summed E-state index contributed by atoms with van der Waals surface area (Å²) < 4.78 is 6.86. The van der Waals surface area contributed by atoms with Crippen LogP contribution in [0.5, 0.6) is 0 Å². The molecule has 4 nitrogen and oxygen atoms in total. The maximum atomic E-state index is 11.4. The summed E-state index contributed by atoms with van der Waals surface area (Å²) in [5.74, 6) is 0.361. The molecule has 1 atom stereocenters. The number of para-hydroxylation sites is 1. The summed E-state index contributed by atoms with van der Waals surface area (Å²) in [4.78, 5) is 16.0. The molecule has 1 aromatic heterocycles. The molecule has 0 saturated carbocycles. The summed E-state index contributed by atoms with van der Waals surface area (Å²) in [6, 6.07) is 8.03. The van der Waals surface area contributed by atoms with E-state index in [9.17, 15) is 4.79 Å². The zero-order valence-electron chi connectivity index (χ0n) is 10.9. The van der Waals surface area contributed by atoms with Crippen molar-refractivity contribution in [3.05, 3.63) is 24.3 Å². The standard InChI is InChI=1S/C13H16N2O2S2/c1-13(14,11(16)17-2)7-8-18-12-15-9-5-3-4-6-10(9)19-12/h3-6H,7-8,14H2,1-2H3. The number of nitrogens with two attached hydrogens (primary N) is 1. The zero-order valence-corrected chi connectivity index (χ0v) is 12.5. The topological polar surface area (TPSA) is 65.2 Å². The van der Waals surface area contributed by atoms with Crippen molar-refractivity contribution in [2.24, 2.45) is 5.73 Å². The number of thiazole rings is 1. The summed E-state index contributed by atoms with van der Waals surface area (Å²) in [5.41, 5.74) is 5.99. The van der Waals surface area contributed by atoms with E-state index in [1.807, 2.05) is 18.2 Å². The summed E-state index contributed by atoms with van der Waals surface area (Å²) in [6.07, 6.45) is 0.556. The minimum absolute atomic E-state index is 0.377. The predicted octanol–water partition coefficient (Wildman–Crippen LogP) is 2.67. The molecule has 0 amide bonds. The van der Waals surface area contributed by atoms with Crippen LogP contribution in [0.1, 0.15) is 13.3 Å². The molecular formula is C13H16N2O2S2. The Balaban J connectivity index is 1.94. The van der Waals surface area contributed by atoms with Crippen molar-refractivity contribution in [3.8, 4) is 0 Å². The number of hydrogen-bond donors (Lipinski definition) is 1. The van der Waals surface area contributed by atoms with E-state index in [4.69, 9.17) is 5.73 Å². The Kier molecular flexibility index (Phi) is 4.44. The van der Waals surface area contributed by atoms with Crippen LogP contribution in [0.25, 0.3) is 10.2 Å². The van der Waals surface area contributed by atoms with Gasteiger partial charge in [-0.3, -0.25) is 4.79 Å². The third-order valence-corrected chi connectivity index (χ3v) is 4.95. The van der Waals surface area contributed by atoms with Crippen molar-refractivity contribution in [1.29, 1.82) is 0 Å². The molecule has 1 heterocycles. The molecule has 0 bridgehead atoms. The van der Waals surface area contributed by atoms with Crippen LogP contribution in [0.4, 0.5) is 0 Å². The monoisotopic (exact) mass is 296 g/mol. The first-order chi connectivity index (χ1) is 9.03. The Bertz CT molecular complexity index is 548. The van der Waals surface area contributed by atoms with Crippen molar-refractivity contribution in [1.82, 2.24) is 4.98 Å². The van der Waals surface area contributed by atoms with Gasteiger partial charge >= 0.3 is 5.97 Å². The van der Waals surface area contributed by atoms with E-state index in [0.717, 1.165) is 15.6 Å². The first-order valence-electron chi connectivity index (χ1n) is 5.88. The number of esters is 1. The van der Waals surface area contributed by atoms with Gasteiger partial charge in [-0.15, -0.1) is 11.3 Å². The number of benzene rings is 1. The van der Waals surface area contributed by atoms with Crippen LogP contribution in [-0.2, 0) is 9.53 Å². The van der Waals surface area contributed by atoms with Crippen molar-refractivity contribution in [2.75, 3.05) is 12.9 Å². The van der Waals surface area contributed by atoms with Crippen LogP contribution < -0.4 is 5.73 Å². The number of methoxy groups -OCH3 is 1. The lowest BCUT2D eigenvalue weighted by Crippen LogP contribution is -2.46. The number of fused-ring (bicyclic) bond motifs is 1. The van der Waals surface area contributed by atoms with Crippen LogP contribution in [0.3, 0.4) is 0 Å². The van der Waals surface area contributed by atoms with Crippen molar-refractivity contribution >= 4 is 39.3 Å². The SMILES string of the molecule is COC(=O)C(C)(N)CCSc1nc2ccccc2s1. The van der Waals surface area contributed by atoms with Crippen LogP contribution in [0.2, 0.25) is 0 Å². The number of rotatable bonds is 5. The quantitative estimate of drug-likeness (QED) is 0.679. The molecule has 1 aromatic carbocycles. The van der Waals surface area contributed by atoms with E-state index in [0.29, 0.717) is 6.42 Å². The van der Waals surface area contributed by atoms with Crippen LogP contribution >= 0.6 is 23.1 Å². The minimum atomic E-state index is -0.932. The first-order valence-corrected chi connectivity index (χ1v) is 7.69. The largest absolute Gasteiger partial charge is 0.468 e. The fourth-order valence-corrected chi connectivity index (χ4v) is 3.91. The molecule has 19 heavy (non-hydrogen) atoms. The normalized spacial score (nSPS) is 14.3. The number of ether oxygens (including phenoxy) is 1. The van der Waals surface area contributed by atoms with Crippen molar-refractivity contribution in [3.63, 3.8) is 0 Å². The maximum absolute atomic E-state index is 11.4. The molecule has 1 unspecified atom stereocenters. The predicted molar refractivity (Wildman–Crippen MR) is 79.6 cm³/mol. The fourth-order valence-electron chi connectivity index (χ4n) is 1.60. The average molecular weight is 296 g/mol. The van der Waals surface area contributed by atoms with E-state index in [1.54, 1.807) is 30.0 Å². The second-order valence-corrected chi connectivity index (χ2v) is 6.83. The molecular weight excluding hydrogens is 280 g/mol. The fraction of sp³-hybridized carbons (Fsp3) is 0.385. The van der Waals surface area contributed by atoms with Crippen molar-refractivity contribution < 1.29 is 9.53 Å².